The smallest absolute Gasteiger partial charge is 0.171 e. The van der Waals surface area contributed by atoms with Crippen LogP contribution >= 0.6 is 0 Å². The van der Waals surface area contributed by atoms with Gasteiger partial charge in [0.1, 0.15) is 0 Å². The summed E-state index contributed by atoms with van der Waals surface area (Å²) >= 11 is 0. The Kier molecular flexibility index (Phi) is 4.64. The number of nitrogens with zero attached hydrogens (tertiary/aromatic N) is 2. The summed E-state index contributed by atoms with van der Waals surface area (Å²) in [5.41, 5.74) is 5.97. The largest absolute Gasteiger partial charge is 0.487 e. The van der Waals surface area contributed by atoms with E-state index in [0.29, 0.717) is 12.1 Å². The zero-order valence-electron chi connectivity index (χ0n) is 12.2. The van der Waals surface area contributed by atoms with Crippen LogP contribution in [0.1, 0.15) is 39.5 Å². The third-order valence-electron chi connectivity index (χ3n) is 3.74. The van der Waals surface area contributed by atoms with Crippen LogP contribution in [0.5, 0.6) is 5.75 Å². The van der Waals surface area contributed by atoms with Crippen molar-refractivity contribution in [2.45, 2.75) is 57.7 Å². The molecule has 2 N–H and O–H groups in total. The van der Waals surface area contributed by atoms with Crippen LogP contribution in [0.3, 0.4) is 0 Å². The van der Waals surface area contributed by atoms with Crippen LogP contribution in [-0.2, 0) is 0 Å². The van der Waals surface area contributed by atoms with E-state index in [9.17, 15) is 0 Å². The minimum Gasteiger partial charge on any atom is -0.487 e. The van der Waals surface area contributed by atoms with Crippen LogP contribution < -0.4 is 15.4 Å². The maximum absolute atomic E-state index is 5.97. The number of hydrogen-bond acceptors (Lipinski definition) is 4. The van der Waals surface area contributed by atoms with Gasteiger partial charge in [0.2, 0.25) is 0 Å². The fourth-order valence-electron chi connectivity index (χ4n) is 2.65. The molecule has 1 heterocycles. The lowest BCUT2D eigenvalue weighted by molar-refractivity contribution is 0.241. The average Bonchev–Trinajstić information content (AvgIpc) is 2.39. The maximum Gasteiger partial charge on any atom is 0.171 e. The van der Waals surface area contributed by atoms with Crippen LogP contribution in [0.15, 0.2) is 18.3 Å². The molecule has 0 radical (unpaired) electrons. The van der Waals surface area contributed by atoms with E-state index in [1.165, 1.54) is 0 Å². The fourth-order valence-corrected chi connectivity index (χ4v) is 2.65. The van der Waals surface area contributed by atoms with Crippen LogP contribution in [0.4, 0.5) is 5.82 Å². The average molecular weight is 263 g/mol. The number of nitrogens with two attached hydrogens (primary N) is 1. The van der Waals surface area contributed by atoms with E-state index in [1.807, 2.05) is 32.2 Å². The summed E-state index contributed by atoms with van der Waals surface area (Å²) < 4.78 is 5.85. The second-order valence-corrected chi connectivity index (χ2v) is 5.67. The van der Waals surface area contributed by atoms with Gasteiger partial charge in [0.25, 0.3) is 0 Å². The molecule has 19 heavy (non-hydrogen) atoms. The SMILES string of the molecule is CC(C)Oc1cccnc1N(C)C1CCC(N)CC1. The van der Waals surface area contributed by atoms with E-state index in [0.717, 1.165) is 37.3 Å². The van der Waals surface area contributed by atoms with E-state index in [1.54, 1.807) is 0 Å². The molecule has 0 atom stereocenters. The highest BCUT2D eigenvalue weighted by molar-refractivity contribution is 5.52. The first kappa shape index (κ1) is 14.1. The Morgan fingerprint density at radius 3 is 2.63 bits per heavy atom. The molecule has 2 rings (SSSR count). The van der Waals surface area contributed by atoms with Crippen molar-refractivity contribution < 1.29 is 4.74 Å². The van der Waals surface area contributed by atoms with Crippen molar-refractivity contribution in [3.63, 3.8) is 0 Å². The quantitative estimate of drug-likeness (QED) is 0.907. The van der Waals surface area contributed by atoms with Crippen molar-refractivity contribution in [3.05, 3.63) is 18.3 Å². The summed E-state index contributed by atoms with van der Waals surface area (Å²) in [6.07, 6.45) is 6.46. The van der Waals surface area contributed by atoms with E-state index in [-0.39, 0.29) is 6.10 Å². The Morgan fingerprint density at radius 1 is 1.32 bits per heavy atom. The van der Waals surface area contributed by atoms with Crippen LogP contribution in [0, 0.1) is 0 Å². The van der Waals surface area contributed by atoms with Crippen molar-refractivity contribution >= 4 is 5.82 Å². The first-order valence-corrected chi connectivity index (χ1v) is 7.18. The highest BCUT2D eigenvalue weighted by Gasteiger charge is 2.24. The minimum absolute atomic E-state index is 0.163. The Labute approximate surface area is 116 Å². The van der Waals surface area contributed by atoms with E-state index < -0.39 is 0 Å². The molecule has 0 bridgehead atoms. The molecule has 4 heteroatoms. The Balaban J connectivity index is 2.11. The van der Waals surface area contributed by atoms with Gasteiger partial charge in [-0.05, 0) is 51.7 Å². The van der Waals surface area contributed by atoms with E-state index in [2.05, 4.69) is 16.9 Å². The molecular weight excluding hydrogens is 238 g/mol. The molecule has 1 aromatic heterocycles. The van der Waals surface area contributed by atoms with Gasteiger partial charge in [-0.2, -0.15) is 0 Å². The standard InChI is InChI=1S/C15H25N3O/c1-11(2)19-14-5-4-10-17-15(14)18(3)13-8-6-12(16)7-9-13/h4-5,10-13H,6-9,16H2,1-3H3. The summed E-state index contributed by atoms with van der Waals surface area (Å²) in [6, 6.07) is 4.81. The second-order valence-electron chi connectivity index (χ2n) is 5.67. The van der Waals surface area contributed by atoms with Gasteiger partial charge < -0.3 is 15.4 Å². The monoisotopic (exact) mass is 263 g/mol. The molecule has 1 aliphatic rings. The molecule has 0 unspecified atom stereocenters. The van der Waals surface area contributed by atoms with E-state index >= 15 is 0 Å². The Morgan fingerprint density at radius 2 is 2.00 bits per heavy atom. The zero-order chi connectivity index (χ0) is 13.8. The van der Waals surface area contributed by atoms with Gasteiger partial charge in [-0.25, -0.2) is 4.98 Å². The molecule has 0 aliphatic heterocycles. The lowest BCUT2D eigenvalue weighted by atomic mass is 9.91. The molecule has 1 aromatic rings. The van der Waals surface area contributed by atoms with Crippen molar-refractivity contribution in [1.82, 2.24) is 4.98 Å². The third-order valence-corrected chi connectivity index (χ3v) is 3.74. The summed E-state index contributed by atoms with van der Waals surface area (Å²) in [5, 5.41) is 0. The number of rotatable bonds is 4. The van der Waals surface area contributed by atoms with Crippen molar-refractivity contribution in [2.24, 2.45) is 5.73 Å². The molecule has 0 spiro atoms. The Bertz CT molecular complexity index is 400. The molecule has 4 nitrogen and oxygen atoms in total. The molecule has 106 valence electrons. The number of ether oxygens (including phenoxy) is 1. The molecule has 1 fully saturated rings. The molecule has 1 saturated carbocycles. The fraction of sp³-hybridized carbons (Fsp3) is 0.667. The zero-order valence-corrected chi connectivity index (χ0v) is 12.2. The lowest BCUT2D eigenvalue weighted by Gasteiger charge is -2.35. The van der Waals surface area contributed by atoms with Gasteiger partial charge in [0.05, 0.1) is 6.10 Å². The van der Waals surface area contributed by atoms with Gasteiger partial charge in [0, 0.05) is 25.3 Å². The summed E-state index contributed by atoms with van der Waals surface area (Å²) in [7, 11) is 2.11. The predicted molar refractivity (Wildman–Crippen MR) is 78.6 cm³/mol. The molecule has 0 amide bonds. The van der Waals surface area contributed by atoms with Gasteiger partial charge in [-0.15, -0.1) is 0 Å². The number of hydrogen-bond donors (Lipinski definition) is 1. The van der Waals surface area contributed by atoms with Crippen molar-refractivity contribution in [3.8, 4) is 5.75 Å². The normalized spacial score (nSPS) is 23.4. The number of aromatic nitrogens is 1. The predicted octanol–water partition coefficient (Wildman–Crippen LogP) is 2.57. The van der Waals surface area contributed by atoms with Crippen molar-refractivity contribution in [2.75, 3.05) is 11.9 Å². The molecule has 1 aliphatic carbocycles. The number of pyridine rings is 1. The van der Waals surface area contributed by atoms with Gasteiger partial charge in [0.15, 0.2) is 11.6 Å². The van der Waals surface area contributed by atoms with Crippen LogP contribution in [0.25, 0.3) is 0 Å². The highest BCUT2D eigenvalue weighted by atomic mass is 16.5. The second kappa shape index (κ2) is 6.24. The van der Waals surface area contributed by atoms with Crippen molar-refractivity contribution in [1.29, 1.82) is 0 Å². The lowest BCUT2D eigenvalue weighted by Crippen LogP contribution is -2.39. The van der Waals surface area contributed by atoms with Crippen LogP contribution in [-0.4, -0.2) is 30.2 Å². The first-order valence-electron chi connectivity index (χ1n) is 7.18. The molecule has 0 saturated heterocycles. The topological polar surface area (TPSA) is 51.4 Å². The Hall–Kier alpha value is -1.29. The summed E-state index contributed by atoms with van der Waals surface area (Å²) in [6.45, 7) is 4.08. The molecular formula is C15H25N3O. The third kappa shape index (κ3) is 3.60. The maximum atomic E-state index is 5.97. The van der Waals surface area contributed by atoms with Gasteiger partial charge >= 0.3 is 0 Å². The van der Waals surface area contributed by atoms with Gasteiger partial charge in [-0.3, -0.25) is 0 Å². The van der Waals surface area contributed by atoms with Gasteiger partial charge in [-0.1, -0.05) is 0 Å². The molecule has 0 aromatic carbocycles. The minimum atomic E-state index is 0.163. The van der Waals surface area contributed by atoms with Crippen LogP contribution in [0.2, 0.25) is 0 Å². The number of anilines is 1. The first-order chi connectivity index (χ1) is 9.08. The van der Waals surface area contributed by atoms with E-state index in [4.69, 9.17) is 10.5 Å². The highest BCUT2D eigenvalue weighted by Crippen LogP contribution is 2.31. The summed E-state index contributed by atoms with van der Waals surface area (Å²) in [5.74, 6) is 1.81. The summed E-state index contributed by atoms with van der Waals surface area (Å²) in [4.78, 5) is 6.75.